The summed E-state index contributed by atoms with van der Waals surface area (Å²) >= 11 is 5.93. The molecule has 0 aliphatic carbocycles. The lowest BCUT2D eigenvalue weighted by Crippen LogP contribution is -2.30. The van der Waals surface area contributed by atoms with Crippen LogP contribution in [0.15, 0.2) is 11.1 Å². The van der Waals surface area contributed by atoms with Crippen LogP contribution < -0.4 is 16.3 Å². The first-order valence-corrected chi connectivity index (χ1v) is 7.81. The second kappa shape index (κ2) is 8.08. The maximum absolute atomic E-state index is 11.1. The fraction of sp³-hybridized carbons (Fsp3) is 0.471. The molecule has 0 bridgehead atoms. The van der Waals surface area contributed by atoms with Crippen molar-refractivity contribution >= 4 is 30.2 Å². The average Bonchev–Trinajstić information content (AvgIpc) is 2.66. The van der Waals surface area contributed by atoms with Gasteiger partial charge in [0.2, 0.25) is 5.91 Å². The molecule has 1 heterocycles. The van der Waals surface area contributed by atoms with E-state index in [9.17, 15) is 4.79 Å². The number of carbonyl (C=O) groups excluding carboxylic acids is 1. The van der Waals surface area contributed by atoms with E-state index in [0.717, 1.165) is 29.8 Å². The summed E-state index contributed by atoms with van der Waals surface area (Å²) < 4.78 is 2.17. The van der Waals surface area contributed by atoms with Crippen molar-refractivity contribution in [1.29, 1.82) is 0 Å². The van der Waals surface area contributed by atoms with Crippen molar-refractivity contribution in [2.75, 3.05) is 0 Å². The van der Waals surface area contributed by atoms with Crippen molar-refractivity contribution in [2.24, 2.45) is 5.73 Å². The highest BCUT2D eigenvalue weighted by molar-refractivity contribution is 6.29. The normalized spacial score (nSPS) is 13.0. The van der Waals surface area contributed by atoms with Crippen molar-refractivity contribution in [1.82, 2.24) is 4.57 Å². The molecule has 21 heavy (non-hydrogen) atoms. The van der Waals surface area contributed by atoms with Crippen LogP contribution in [-0.4, -0.2) is 10.5 Å². The molecule has 1 aromatic rings. The smallest absolute Gasteiger partial charge is 0.219 e. The monoisotopic (exact) mass is 308 g/mol. The molecule has 4 heteroatoms. The largest absolute Gasteiger partial charge is 0.370 e. The highest BCUT2D eigenvalue weighted by atomic mass is 35.5. The van der Waals surface area contributed by atoms with Crippen molar-refractivity contribution in [3.63, 3.8) is 0 Å². The summed E-state index contributed by atoms with van der Waals surface area (Å²) in [7, 11) is 0. The number of primary amides is 1. The summed E-state index contributed by atoms with van der Waals surface area (Å²) in [5.41, 5.74) is 7.84. The molecular formula is C17H25ClN2O. The molecule has 2 N–H and O–H groups in total. The van der Waals surface area contributed by atoms with Crippen molar-refractivity contribution in [2.45, 2.75) is 53.0 Å². The number of amides is 1. The first-order valence-electron chi connectivity index (χ1n) is 7.43. The molecule has 0 aromatic carbocycles. The highest BCUT2D eigenvalue weighted by Gasteiger charge is 2.12. The van der Waals surface area contributed by atoms with Gasteiger partial charge in [0.15, 0.2) is 0 Å². The molecule has 0 saturated heterocycles. The van der Waals surface area contributed by atoms with Gasteiger partial charge in [-0.3, -0.25) is 4.79 Å². The number of carbonyl (C=O) groups is 1. The number of rotatable bonds is 7. The van der Waals surface area contributed by atoms with Gasteiger partial charge in [-0.2, -0.15) is 0 Å². The van der Waals surface area contributed by atoms with Crippen LogP contribution in [0, 0.1) is 0 Å². The molecule has 0 atom stereocenters. The van der Waals surface area contributed by atoms with E-state index in [-0.39, 0.29) is 5.91 Å². The zero-order chi connectivity index (χ0) is 16.0. The van der Waals surface area contributed by atoms with Crippen molar-refractivity contribution in [3.8, 4) is 0 Å². The number of aromatic nitrogens is 1. The van der Waals surface area contributed by atoms with Gasteiger partial charge in [0.1, 0.15) is 0 Å². The van der Waals surface area contributed by atoms with E-state index in [2.05, 4.69) is 25.0 Å². The van der Waals surface area contributed by atoms with Crippen LogP contribution in [0.3, 0.4) is 0 Å². The fourth-order valence-corrected chi connectivity index (χ4v) is 2.66. The Morgan fingerprint density at radius 1 is 1.43 bits per heavy atom. The SMILES string of the molecule is C=c1c(CC)c(CCC)n(CCC(N)=O)/c1=C/C=C(\C)Cl. The summed E-state index contributed by atoms with van der Waals surface area (Å²) in [5, 5.41) is 2.77. The first kappa shape index (κ1) is 17.6. The molecule has 1 aromatic heterocycles. The number of nitrogens with two attached hydrogens (primary N) is 1. The summed E-state index contributed by atoms with van der Waals surface area (Å²) in [6, 6.07) is 0. The molecule has 3 nitrogen and oxygen atoms in total. The Morgan fingerprint density at radius 2 is 2.10 bits per heavy atom. The van der Waals surface area contributed by atoms with Crippen molar-refractivity contribution in [3.05, 3.63) is 32.9 Å². The molecule has 0 unspecified atom stereocenters. The van der Waals surface area contributed by atoms with Gasteiger partial charge >= 0.3 is 0 Å². The number of halogens is 1. The number of hydrogen-bond donors (Lipinski definition) is 1. The van der Waals surface area contributed by atoms with E-state index < -0.39 is 0 Å². The standard InChI is InChI=1S/C17H25ClN2O/c1-5-7-16-14(6-2)13(4)15(9-8-12(3)18)20(16)11-10-17(19)21/h8-9H,4-7,10-11H2,1-3H3,(H2,19,21)/b12-8+,15-9+. The second-order valence-corrected chi connectivity index (χ2v) is 5.78. The number of nitrogens with zero attached hydrogens (tertiary/aromatic N) is 1. The molecule has 0 fully saturated rings. The van der Waals surface area contributed by atoms with Crippen LogP contribution in [0.1, 0.15) is 44.9 Å². The summed E-state index contributed by atoms with van der Waals surface area (Å²) in [5.74, 6) is -0.287. The predicted octanol–water partition coefficient (Wildman–Crippen LogP) is 2.21. The van der Waals surface area contributed by atoms with Crippen molar-refractivity contribution < 1.29 is 4.79 Å². The maximum Gasteiger partial charge on any atom is 0.219 e. The molecule has 116 valence electrons. The number of allylic oxidation sites excluding steroid dienone is 2. The Morgan fingerprint density at radius 3 is 2.57 bits per heavy atom. The minimum Gasteiger partial charge on any atom is -0.370 e. The van der Waals surface area contributed by atoms with E-state index in [1.807, 2.05) is 19.1 Å². The van der Waals surface area contributed by atoms with Gasteiger partial charge in [-0.15, -0.1) is 0 Å². The molecule has 0 spiro atoms. The lowest BCUT2D eigenvalue weighted by atomic mass is 10.1. The minimum absolute atomic E-state index is 0.287. The minimum atomic E-state index is -0.287. The third kappa shape index (κ3) is 4.50. The lowest BCUT2D eigenvalue weighted by molar-refractivity contribution is -0.118. The Kier molecular flexibility index (Phi) is 6.76. The van der Waals surface area contributed by atoms with Gasteiger partial charge in [-0.05, 0) is 42.7 Å². The molecule has 0 aliphatic heterocycles. The van der Waals surface area contributed by atoms with E-state index in [0.29, 0.717) is 18.0 Å². The lowest BCUT2D eigenvalue weighted by Gasteiger charge is -2.10. The molecule has 0 saturated carbocycles. The Balaban J connectivity index is 3.51. The molecule has 0 aliphatic rings. The quantitative estimate of drug-likeness (QED) is 0.825. The van der Waals surface area contributed by atoms with Crippen LogP contribution in [0.25, 0.3) is 12.7 Å². The maximum atomic E-state index is 11.1. The zero-order valence-corrected chi connectivity index (χ0v) is 14.0. The summed E-state index contributed by atoms with van der Waals surface area (Å²) in [6.45, 7) is 10.9. The van der Waals surface area contributed by atoms with Crippen LogP contribution >= 0.6 is 11.6 Å². The summed E-state index contributed by atoms with van der Waals surface area (Å²) in [4.78, 5) is 11.1. The predicted molar refractivity (Wildman–Crippen MR) is 90.5 cm³/mol. The van der Waals surface area contributed by atoms with Crippen LogP contribution in [0.5, 0.6) is 0 Å². The van der Waals surface area contributed by atoms with Gasteiger partial charge in [-0.1, -0.05) is 38.4 Å². The molecule has 1 rings (SSSR count). The van der Waals surface area contributed by atoms with E-state index in [1.165, 1.54) is 11.3 Å². The average molecular weight is 309 g/mol. The fourth-order valence-electron chi connectivity index (χ4n) is 2.60. The first-order chi connectivity index (χ1) is 9.92. The third-order valence-corrected chi connectivity index (χ3v) is 3.66. The summed E-state index contributed by atoms with van der Waals surface area (Å²) in [6.07, 6.45) is 7.13. The Bertz CT molecular complexity index is 637. The molecule has 1 amide bonds. The van der Waals surface area contributed by atoms with Gasteiger partial charge in [-0.25, -0.2) is 0 Å². The zero-order valence-electron chi connectivity index (χ0n) is 13.2. The topological polar surface area (TPSA) is 48.0 Å². The Labute approximate surface area is 131 Å². The van der Waals surface area contributed by atoms with Crippen LogP contribution in [0.2, 0.25) is 0 Å². The highest BCUT2D eigenvalue weighted by Crippen LogP contribution is 2.09. The van der Waals surface area contributed by atoms with Gasteiger partial charge in [0, 0.05) is 29.0 Å². The van der Waals surface area contributed by atoms with Crippen LogP contribution in [0.4, 0.5) is 0 Å². The second-order valence-electron chi connectivity index (χ2n) is 5.18. The number of hydrogen-bond acceptors (Lipinski definition) is 1. The van der Waals surface area contributed by atoms with Gasteiger partial charge in [0.25, 0.3) is 0 Å². The van der Waals surface area contributed by atoms with Gasteiger partial charge < -0.3 is 10.3 Å². The van der Waals surface area contributed by atoms with E-state index in [1.54, 1.807) is 0 Å². The van der Waals surface area contributed by atoms with E-state index >= 15 is 0 Å². The third-order valence-electron chi connectivity index (χ3n) is 3.53. The van der Waals surface area contributed by atoms with Gasteiger partial charge in [0.05, 0.1) is 0 Å². The van der Waals surface area contributed by atoms with E-state index in [4.69, 9.17) is 17.3 Å². The molecular weight excluding hydrogens is 284 g/mol. The van der Waals surface area contributed by atoms with Crippen LogP contribution in [-0.2, 0) is 24.2 Å². The Hall–Kier alpha value is -1.48. The molecule has 0 radical (unpaired) electrons.